The molecule has 3 N–H and O–H groups in total. The van der Waals surface area contributed by atoms with Crippen LogP contribution >= 0.6 is 0 Å². The molecule has 2 unspecified atom stereocenters. The molecule has 0 spiro atoms. The lowest BCUT2D eigenvalue weighted by molar-refractivity contribution is 0.0937. The van der Waals surface area contributed by atoms with Crippen LogP contribution in [0, 0.1) is 5.92 Å². The van der Waals surface area contributed by atoms with E-state index < -0.39 is 0 Å². The summed E-state index contributed by atoms with van der Waals surface area (Å²) in [4.78, 5) is 12.2. The fourth-order valence-electron chi connectivity index (χ4n) is 1.96. The number of nitrogen functional groups attached to an aromatic ring is 1. The second-order valence-corrected chi connectivity index (χ2v) is 3.84. The second kappa shape index (κ2) is 3.85. The first-order valence-corrected chi connectivity index (χ1v) is 5.12. The molecule has 0 aliphatic carbocycles. The molecule has 3 heteroatoms. The van der Waals surface area contributed by atoms with Gasteiger partial charge in [0, 0.05) is 16.9 Å². The molecule has 1 aromatic rings. The van der Waals surface area contributed by atoms with Crippen LogP contribution in [-0.2, 0) is 0 Å². The predicted octanol–water partition coefficient (Wildman–Crippen LogP) is 2.23. The lowest BCUT2D eigenvalue weighted by atomic mass is 9.86. The maximum absolute atomic E-state index is 12.2. The van der Waals surface area contributed by atoms with Crippen LogP contribution < -0.4 is 11.1 Å². The van der Waals surface area contributed by atoms with E-state index in [4.69, 9.17) is 5.73 Å². The van der Waals surface area contributed by atoms with Crippen molar-refractivity contribution in [3.8, 4) is 0 Å². The number of ketones is 1. The highest BCUT2D eigenvalue weighted by Gasteiger charge is 2.31. The molecule has 2 rings (SSSR count). The van der Waals surface area contributed by atoms with E-state index in [0.717, 1.165) is 5.69 Å². The Labute approximate surface area is 94.7 Å². The second-order valence-electron chi connectivity index (χ2n) is 3.84. The summed E-state index contributed by atoms with van der Waals surface area (Å²) in [5.41, 5.74) is 7.70. The molecule has 1 aliphatic heterocycles. The SMILES string of the molecule is C=CC1Nc2ccc(N)cc2C(=O)C1C=C. The highest BCUT2D eigenvalue weighted by atomic mass is 16.1. The van der Waals surface area contributed by atoms with Crippen molar-refractivity contribution in [1.29, 1.82) is 0 Å². The topological polar surface area (TPSA) is 55.1 Å². The van der Waals surface area contributed by atoms with Crippen molar-refractivity contribution in [2.45, 2.75) is 6.04 Å². The quantitative estimate of drug-likeness (QED) is 0.586. The van der Waals surface area contributed by atoms with Crippen molar-refractivity contribution < 1.29 is 4.79 Å². The largest absolute Gasteiger partial charge is 0.399 e. The number of carbonyl (C=O) groups excluding carboxylic acids is 1. The minimum Gasteiger partial charge on any atom is -0.399 e. The molecule has 1 heterocycles. The lowest BCUT2D eigenvalue weighted by Crippen LogP contribution is -2.36. The van der Waals surface area contributed by atoms with Gasteiger partial charge >= 0.3 is 0 Å². The maximum atomic E-state index is 12.2. The van der Waals surface area contributed by atoms with Crippen LogP contribution in [0.5, 0.6) is 0 Å². The molecule has 0 bridgehead atoms. The Morgan fingerprint density at radius 2 is 2.06 bits per heavy atom. The number of nitrogens with one attached hydrogen (secondary N) is 1. The van der Waals surface area contributed by atoms with Crippen LogP contribution in [0.2, 0.25) is 0 Å². The molecule has 2 atom stereocenters. The van der Waals surface area contributed by atoms with E-state index in [2.05, 4.69) is 18.5 Å². The highest BCUT2D eigenvalue weighted by Crippen LogP contribution is 2.30. The van der Waals surface area contributed by atoms with E-state index in [1.165, 1.54) is 0 Å². The summed E-state index contributed by atoms with van der Waals surface area (Å²) in [7, 11) is 0. The van der Waals surface area contributed by atoms with Gasteiger partial charge in [0.25, 0.3) is 0 Å². The molecule has 0 aromatic heterocycles. The number of Topliss-reactive ketones (excluding diaryl/α,β-unsaturated/α-hetero) is 1. The summed E-state index contributed by atoms with van der Waals surface area (Å²) in [6.45, 7) is 7.41. The molecule has 82 valence electrons. The average molecular weight is 214 g/mol. The number of hydrogen-bond donors (Lipinski definition) is 2. The molecule has 0 saturated heterocycles. The van der Waals surface area contributed by atoms with E-state index in [9.17, 15) is 4.79 Å². The summed E-state index contributed by atoms with van der Waals surface area (Å²) in [5.74, 6) is -0.229. The Kier molecular flexibility index (Phi) is 2.52. The predicted molar refractivity (Wildman–Crippen MR) is 66.5 cm³/mol. The van der Waals surface area contributed by atoms with Crippen molar-refractivity contribution in [2.24, 2.45) is 5.92 Å². The molecular formula is C13H14N2O. The third-order valence-electron chi connectivity index (χ3n) is 2.83. The van der Waals surface area contributed by atoms with Gasteiger partial charge in [-0.2, -0.15) is 0 Å². The first-order valence-electron chi connectivity index (χ1n) is 5.12. The number of benzene rings is 1. The third kappa shape index (κ3) is 1.50. The first kappa shape index (κ1) is 10.5. The zero-order valence-electron chi connectivity index (χ0n) is 8.94. The maximum Gasteiger partial charge on any atom is 0.174 e. The van der Waals surface area contributed by atoms with Gasteiger partial charge in [0.15, 0.2) is 5.78 Å². The number of hydrogen-bond acceptors (Lipinski definition) is 3. The Morgan fingerprint density at radius 1 is 1.31 bits per heavy atom. The van der Waals surface area contributed by atoms with Gasteiger partial charge in [0.2, 0.25) is 0 Å². The molecule has 16 heavy (non-hydrogen) atoms. The third-order valence-corrected chi connectivity index (χ3v) is 2.83. The van der Waals surface area contributed by atoms with Gasteiger partial charge in [0.1, 0.15) is 0 Å². The fraction of sp³-hybridized carbons (Fsp3) is 0.154. The average Bonchev–Trinajstić information content (AvgIpc) is 2.29. The molecular weight excluding hydrogens is 200 g/mol. The van der Waals surface area contributed by atoms with Crippen LogP contribution in [0.3, 0.4) is 0 Å². The van der Waals surface area contributed by atoms with E-state index in [1.807, 2.05) is 6.07 Å². The molecule has 3 nitrogen and oxygen atoms in total. The van der Waals surface area contributed by atoms with Crippen LogP contribution in [0.1, 0.15) is 10.4 Å². The van der Waals surface area contributed by atoms with Gasteiger partial charge in [-0.25, -0.2) is 0 Å². The minimum absolute atomic E-state index is 0.0425. The lowest BCUT2D eigenvalue weighted by Gasteiger charge is -2.29. The van der Waals surface area contributed by atoms with E-state index in [-0.39, 0.29) is 17.7 Å². The summed E-state index contributed by atoms with van der Waals surface area (Å²) in [6, 6.07) is 5.19. The monoisotopic (exact) mass is 214 g/mol. The van der Waals surface area contributed by atoms with Gasteiger partial charge in [0.05, 0.1) is 12.0 Å². The zero-order chi connectivity index (χ0) is 11.7. The highest BCUT2D eigenvalue weighted by molar-refractivity contribution is 6.06. The summed E-state index contributed by atoms with van der Waals surface area (Å²) in [5, 5.41) is 3.24. The molecule has 0 fully saturated rings. The molecule has 1 aromatic carbocycles. The van der Waals surface area contributed by atoms with E-state index in [0.29, 0.717) is 11.3 Å². The van der Waals surface area contributed by atoms with Crippen molar-refractivity contribution in [1.82, 2.24) is 0 Å². The van der Waals surface area contributed by atoms with Crippen LogP contribution in [0.15, 0.2) is 43.5 Å². The van der Waals surface area contributed by atoms with Crippen molar-refractivity contribution in [3.63, 3.8) is 0 Å². The normalized spacial score (nSPS) is 23.1. The van der Waals surface area contributed by atoms with Gasteiger partial charge in [-0.05, 0) is 18.2 Å². The number of nitrogens with two attached hydrogens (primary N) is 1. The summed E-state index contributed by atoms with van der Waals surface area (Å²) >= 11 is 0. The summed E-state index contributed by atoms with van der Waals surface area (Å²) < 4.78 is 0. The van der Waals surface area contributed by atoms with Gasteiger partial charge in [-0.1, -0.05) is 12.2 Å². The Balaban J connectivity index is 2.52. The first-order chi connectivity index (χ1) is 7.67. The standard InChI is InChI=1S/C13H14N2O/c1-3-9-11(4-2)15-12-6-5-8(14)7-10(12)13(9)16/h3-7,9,11,15H,1-2,14H2. The zero-order valence-corrected chi connectivity index (χ0v) is 8.94. The van der Waals surface area contributed by atoms with Crippen LogP contribution in [0.4, 0.5) is 11.4 Å². The number of fused-ring (bicyclic) bond motifs is 1. The number of carbonyl (C=O) groups is 1. The Hall–Kier alpha value is -2.03. The van der Waals surface area contributed by atoms with E-state index in [1.54, 1.807) is 24.3 Å². The van der Waals surface area contributed by atoms with Gasteiger partial charge < -0.3 is 11.1 Å². The number of anilines is 2. The molecule has 0 saturated carbocycles. The van der Waals surface area contributed by atoms with Gasteiger partial charge in [-0.3, -0.25) is 4.79 Å². The van der Waals surface area contributed by atoms with Crippen LogP contribution in [0.25, 0.3) is 0 Å². The van der Waals surface area contributed by atoms with Crippen molar-refractivity contribution >= 4 is 17.2 Å². The molecule has 1 aliphatic rings. The van der Waals surface area contributed by atoms with Crippen molar-refractivity contribution in [3.05, 3.63) is 49.1 Å². The summed E-state index contributed by atoms with van der Waals surface area (Å²) in [6.07, 6.45) is 3.37. The fourth-order valence-corrected chi connectivity index (χ4v) is 1.96. The van der Waals surface area contributed by atoms with E-state index >= 15 is 0 Å². The van der Waals surface area contributed by atoms with Gasteiger partial charge in [-0.15, -0.1) is 13.2 Å². The van der Waals surface area contributed by atoms with Crippen molar-refractivity contribution in [2.75, 3.05) is 11.1 Å². The Bertz CT molecular complexity index is 465. The Morgan fingerprint density at radius 3 is 2.69 bits per heavy atom. The smallest absolute Gasteiger partial charge is 0.174 e. The van der Waals surface area contributed by atoms with Crippen LogP contribution in [-0.4, -0.2) is 11.8 Å². The minimum atomic E-state index is -0.271. The molecule has 0 amide bonds. The number of rotatable bonds is 2. The molecule has 0 radical (unpaired) electrons.